The van der Waals surface area contributed by atoms with E-state index in [1.54, 1.807) is 13.8 Å². The van der Waals surface area contributed by atoms with Gasteiger partial charge in [-0.2, -0.15) is 5.26 Å². The highest BCUT2D eigenvalue weighted by atomic mass is 16.5. The number of hydrogen-bond acceptors (Lipinski definition) is 4. The fourth-order valence-electron chi connectivity index (χ4n) is 2.69. The third kappa shape index (κ3) is 5.35. The monoisotopic (exact) mass is 291 g/mol. The van der Waals surface area contributed by atoms with E-state index in [0.29, 0.717) is 12.8 Å². The van der Waals surface area contributed by atoms with Crippen LogP contribution in [0.15, 0.2) is 22.8 Å². The summed E-state index contributed by atoms with van der Waals surface area (Å²) in [7, 11) is 0. The summed E-state index contributed by atoms with van der Waals surface area (Å²) in [4.78, 5) is 12.0. The molecule has 21 heavy (non-hydrogen) atoms. The summed E-state index contributed by atoms with van der Waals surface area (Å²) in [6, 6.07) is 2.00. The highest BCUT2D eigenvalue weighted by Gasteiger charge is 2.29. The van der Waals surface area contributed by atoms with Gasteiger partial charge >= 0.3 is 5.97 Å². The lowest BCUT2D eigenvalue weighted by molar-refractivity contribution is -0.142. The van der Waals surface area contributed by atoms with Gasteiger partial charge in [-0.25, -0.2) is 4.79 Å². The Balaban J connectivity index is 3.12. The molecular formula is C17H25NO3. The highest BCUT2D eigenvalue weighted by Crippen LogP contribution is 2.40. The van der Waals surface area contributed by atoms with Crippen LogP contribution in [0.4, 0.5) is 0 Å². The summed E-state index contributed by atoms with van der Waals surface area (Å²) in [5, 5.41) is 18.3. The Kier molecular flexibility index (Phi) is 6.17. The molecule has 0 spiro atoms. The second-order valence-electron chi connectivity index (χ2n) is 6.61. The van der Waals surface area contributed by atoms with Crippen molar-refractivity contribution in [1.29, 1.82) is 5.26 Å². The summed E-state index contributed by atoms with van der Waals surface area (Å²) in [5.41, 5.74) is 2.06. The number of hydrogen-bond donors (Lipinski definition) is 1. The Hall–Kier alpha value is -1.60. The molecule has 1 N–H and O–H groups in total. The van der Waals surface area contributed by atoms with Crippen LogP contribution in [-0.4, -0.2) is 23.8 Å². The van der Waals surface area contributed by atoms with E-state index in [4.69, 9.17) is 9.84 Å². The summed E-state index contributed by atoms with van der Waals surface area (Å²) >= 11 is 0. The Bertz CT molecular complexity index is 493. The van der Waals surface area contributed by atoms with Gasteiger partial charge in [0.15, 0.2) is 0 Å². The number of nitriles is 1. The second-order valence-corrected chi connectivity index (χ2v) is 6.61. The predicted molar refractivity (Wildman–Crippen MR) is 81.3 cm³/mol. The quantitative estimate of drug-likeness (QED) is 0.479. The molecule has 0 heterocycles. The molecule has 4 heteroatoms. The molecule has 0 aromatic heterocycles. The number of carbonyl (C=O) groups excluding carboxylic acids is 1. The van der Waals surface area contributed by atoms with E-state index in [-0.39, 0.29) is 23.7 Å². The zero-order valence-corrected chi connectivity index (χ0v) is 13.4. The van der Waals surface area contributed by atoms with Crippen LogP contribution >= 0.6 is 0 Å². The summed E-state index contributed by atoms with van der Waals surface area (Å²) in [6.07, 6.45) is 4.81. The molecule has 0 amide bonds. The molecular weight excluding hydrogens is 266 g/mol. The maximum Gasteiger partial charge on any atom is 0.349 e. The number of aliphatic hydroxyl groups is 1. The minimum absolute atomic E-state index is 0.00901. The number of ether oxygens (including phenoxy) is 1. The number of nitrogens with zero attached hydrogens (tertiary/aromatic N) is 1. The van der Waals surface area contributed by atoms with Gasteiger partial charge in [0, 0.05) is 6.61 Å². The second kappa shape index (κ2) is 7.42. The number of carbonyl (C=O) groups is 1. The summed E-state index contributed by atoms with van der Waals surface area (Å²) in [6.45, 7) is 7.94. The Morgan fingerprint density at radius 2 is 2.14 bits per heavy atom. The van der Waals surface area contributed by atoms with E-state index in [2.05, 4.69) is 13.8 Å². The summed E-state index contributed by atoms with van der Waals surface area (Å²) < 4.78 is 5.15. The molecule has 0 bridgehead atoms. The zero-order chi connectivity index (χ0) is 16.0. The highest BCUT2D eigenvalue weighted by molar-refractivity contribution is 5.94. The lowest BCUT2D eigenvalue weighted by Gasteiger charge is -2.31. The van der Waals surface area contributed by atoms with Gasteiger partial charge in [0.05, 0.1) is 6.10 Å². The van der Waals surface area contributed by atoms with Crippen molar-refractivity contribution < 1.29 is 14.6 Å². The van der Waals surface area contributed by atoms with Crippen LogP contribution in [0.3, 0.4) is 0 Å². The molecule has 1 rings (SSSR count). The van der Waals surface area contributed by atoms with Crippen molar-refractivity contribution in [2.24, 2.45) is 5.41 Å². The van der Waals surface area contributed by atoms with Crippen molar-refractivity contribution in [2.45, 2.75) is 59.5 Å². The summed E-state index contributed by atoms with van der Waals surface area (Å²) in [5.74, 6) is -0.544. The van der Waals surface area contributed by atoms with Gasteiger partial charge in [-0.05, 0) is 50.5 Å². The SMILES string of the molecule is CC(C)OC(=O)/C(C#N)=C1\C=C(CCCO)CC(C)(C)C1. The average molecular weight is 291 g/mol. The first kappa shape index (κ1) is 17.5. The normalized spacial score (nSPS) is 19.8. The first-order valence-corrected chi connectivity index (χ1v) is 7.43. The molecule has 0 aliphatic heterocycles. The van der Waals surface area contributed by atoms with Gasteiger partial charge in [0.1, 0.15) is 11.6 Å². The molecule has 1 aliphatic carbocycles. The van der Waals surface area contributed by atoms with E-state index in [0.717, 1.165) is 18.4 Å². The first-order valence-electron chi connectivity index (χ1n) is 7.43. The fraction of sp³-hybridized carbons (Fsp3) is 0.647. The molecule has 0 fully saturated rings. The Morgan fingerprint density at radius 3 is 2.67 bits per heavy atom. The molecule has 0 radical (unpaired) electrons. The molecule has 116 valence electrons. The van der Waals surface area contributed by atoms with Crippen LogP contribution in [-0.2, 0) is 9.53 Å². The third-order valence-electron chi connectivity index (χ3n) is 3.39. The molecule has 1 aliphatic rings. The fourth-order valence-corrected chi connectivity index (χ4v) is 2.69. The van der Waals surface area contributed by atoms with Gasteiger partial charge in [-0.3, -0.25) is 0 Å². The lowest BCUT2D eigenvalue weighted by Crippen LogP contribution is -2.21. The van der Waals surface area contributed by atoms with E-state index < -0.39 is 5.97 Å². The largest absolute Gasteiger partial charge is 0.459 e. The topological polar surface area (TPSA) is 70.3 Å². The number of aliphatic hydroxyl groups excluding tert-OH is 1. The number of rotatable bonds is 5. The van der Waals surface area contributed by atoms with Crippen LogP contribution in [0.25, 0.3) is 0 Å². The molecule has 0 saturated heterocycles. The maximum absolute atomic E-state index is 12.0. The van der Waals surface area contributed by atoms with E-state index in [1.165, 1.54) is 5.57 Å². The van der Waals surface area contributed by atoms with Crippen LogP contribution in [0.5, 0.6) is 0 Å². The van der Waals surface area contributed by atoms with Gasteiger partial charge in [-0.1, -0.05) is 25.5 Å². The van der Waals surface area contributed by atoms with Gasteiger partial charge in [0.2, 0.25) is 0 Å². The molecule has 0 atom stereocenters. The molecule has 0 aromatic carbocycles. The van der Waals surface area contributed by atoms with E-state index in [9.17, 15) is 10.1 Å². The minimum atomic E-state index is -0.544. The van der Waals surface area contributed by atoms with Crippen molar-refractivity contribution in [3.63, 3.8) is 0 Å². The Labute approximate surface area is 127 Å². The zero-order valence-electron chi connectivity index (χ0n) is 13.4. The van der Waals surface area contributed by atoms with Crippen molar-refractivity contribution in [3.8, 4) is 6.07 Å². The molecule has 0 aromatic rings. The molecule has 0 saturated carbocycles. The predicted octanol–water partition coefficient (Wildman–Crippen LogP) is 3.28. The van der Waals surface area contributed by atoms with Crippen molar-refractivity contribution in [3.05, 3.63) is 22.8 Å². The van der Waals surface area contributed by atoms with Crippen LogP contribution in [0.2, 0.25) is 0 Å². The average Bonchev–Trinajstić information content (AvgIpc) is 2.34. The minimum Gasteiger partial charge on any atom is -0.459 e. The van der Waals surface area contributed by atoms with E-state index in [1.807, 2.05) is 12.1 Å². The van der Waals surface area contributed by atoms with Crippen LogP contribution in [0.1, 0.15) is 53.4 Å². The van der Waals surface area contributed by atoms with Gasteiger partial charge in [0.25, 0.3) is 0 Å². The standard InChI is InChI=1S/C17H25NO3/c1-12(2)21-16(20)15(11-18)14-8-13(6-5-7-19)9-17(3,4)10-14/h8,12,19H,5-7,9-10H2,1-4H3/b15-14+. The number of allylic oxidation sites excluding steroid dienone is 3. The molecule has 0 unspecified atom stereocenters. The van der Waals surface area contributed by atoms with Crippen molar-refractivity contribution in [2.75, 3.05) is 6.61 Å². The first-order chi connectivity index (χ1) is 9.79. The molecule has 4 nitrogen and oxygen atoms in total. The van der Waals surface area contributed by atoms with Gasteiger partial charge in [-0.15, -0.1) is 0 Å². The van der Waals surface area contributed by atoms with Crippen LogP contribution < -0.4 is 0 Å². The van der Waals surface area contributed by atoms with Crippen molar-refractivity contribution >= 4 is 5.97 Å². The smallest absolute Gasteiger partial charge is 0.349 e. The van der Waals surface area contributed by atoms with Crippen molar-refractivity contribution in [1.82, 2.24) is 0 Å². The Morgan fingerprint density at radius 1 is 1.48 bits per heavy atom. The lowest BCUT2D eigenvalue weighted by atomic mass is 9.73. The van der Waals surface area contributed by atoms with Crippen LogP contribution in [0, 0.1) is 16.7 Å². The number of esters is 1. The van der Waals surface area contributed by atoms with E-state index >= 15 is 0 Å². The third-order valence-corrected chi connectivity index (χ3v) is 3.39. The van der Waals surface area contributed by atoms with Gasteiger partial charge < -0.3 is 9.84 Å². The maximum atomic E-state index is 12.0.